The molecule has 1 aliphatic heterocycles. The van der Waals surface area contributed by atoms with E-state index in [-0.39, 0.29) is 5.03 Å². The number of benzene rings is 2. The Bertz CT molecular complexity index is 938. The third-order valence-corrected chi connectivity index (χ3v) is 5.48. The number of amides is 3. The molecule has 2 atom stereocenters. The van der Waals surface area contributed by atoms with Crippen LogP contribution in [-0.4, -0.2) is 17.2 Å². The summed E-state index contributed by atoms with van der Waals surface area (Å²) in [5.41, 5.74) is 7.54. The molecule has 0 bridgehead atoms. The number of hydrogen-bond acceptors (Lipinski definition) is 5. The molecule has 2 aromatic rings. The Kier molecular flexibility index (Phi) is 5.69. The van der Waals surface area contributed by atoms with Crippen LogP contribution in [0.25, 0.3) is 0 Å². The van der Waals surface area contributed by atoms with Gasteiger partial charge < -0.3 is 11.1 Å². The first-order valence-electron chi connectivity index (χ1n) is 7.98. The molecule has 0 aromatic heterocycles. The van der Waals surface area contributed by atoms with Crippen LogP contribution in [0.5, 0.6) is 0 Å². The van der Waals surface area contributed by atoms with Gasteiger partial charge in [-0.1, -0.05) is 53.7 Å². The maximum atomic E-state index is 12.7. The highest BCUT2D eigenvalue weighted by molar-refractivity contribution is 8.04. The number of nitrogens with two attached hydrogens (primary N) is 1. The maximum absolute atomic E-state index is 12.7. The smallest absolute Gasteiger partial charge is 0.325 e. The van der Waals surface area contributed by atoms with Crippen LogP contribution in [0.3, 0.4) is 0 Å². The molecule has 27 heavy (non-hydrogen) atoms. The molecule has 1 heterocycles. The van der Waals surface area contributed by atoms with Crippen molar-refractivity contribution >= 4 is 41.0 Å². The number of carbonyl (C=O) groups is 2. The van der Waals surface area contributed by atoms with Gasteiger partial charge in [0.1, 0.15) is 5.25 Å². The maximum Gasteiger partial charge on any atom is 0.325 e. The van der Waals surface area contributed by atoms with Crippen molar-refractivity contribution in [2.75, 3.05) is 5.32 Å². The summed E-state index contributed by atoms with van der Waals surface area (Å²) in [4.78, 5) is 24.8. The van der Waals surface area contributed by atoms with Gasteiger partial charge in [-0.15, -0.1) is 0 Å². The molecule has 2 unspecified atom stereocenters. The zero-order valence-corrected chi connectivity index (χ0v) is 15.6. The second-order valence-corrected chi connectivity index (χ2v) is 7.39. The largest absolute Gasteiger partial charge is 0.393 e. The minimum absolute atomic E-state index is 0.279. The minimum Gasteiger partial charge on any atom is -0.393 e. The number of thioether (sulfide) groups is 1. The summed E-state index contributed by atoms with van der Waals surface area (Å²) in [6.45, 7) is 0. The fourth-order valence-corrected chi connectivity index (χ4v) is 4.08. The number of nitriles is 1. The summed E-state index contributed by atoms with van der Waals surface area (Å²) >= 11 is 6.99. The zero-order valence-electron chi connectivity index (χ0n) is 14.0. The molecule has 0 saturated heterocycles. The number of rotatable bonds is 3. The second kappa shape index (κ2) is 8.16. The Morgan fingerprint density at radius 2 is 1.78 bits per heavy atom. The number of urea groups is 1. The van der Waals surface area contributed by atoms with Crippen LogP contribution >= 0.6 is 23.4 Å². The van der Waals surface area contributed by atoms with Crippen molar-refractivity contribution < 1.29 is 9.59 Å². The van der Waals surface area contributed by atoms with Gasteiger partial charge in [0.15, 0.2) is 0 Å². The third kappa shape index (κ3) is 4.25. The lowest BCUT2D eigenvalue weighted by atomic mass is 9.89. The van der Waals surface area contributed by atoms with E-state index in [2.05, 4.69) is 16.7 Å². The molecule has 0 aliphatic carbocycles. The number of nitrogens with zero attached hydrogens (tertiary/aromatic N) is 1. The zero-order chi connectivity index (χ0) is 19.4. The van der Waals surface area contributed by atoms with Crippen molar-refractivity contribution in [3.05, 3.63) is 75.8 Å². The first kappa shape index (κ1) is 18.8. The van der Waals surface area contributed by atoms with Crippen molar-refractivity contribution in [1.29, 1.82) is 5.26 Å². The molecule has 0 radical (unpaired) electrons. The molecule has 0 saturated carbocycles. The van der Waals surface area contributed by atoms with Crippen molar-refractivity contribution in [2.45, 2.75) is 11.2 Å². The number of anilines is 1. The highest BCUT2D eigenvalue weighted by Crippen LogP contribution is 2.45. The Labute approximate surface area is 165 Å². The molecule has 0 spiro atoms. The molecule has 136 valence electrons. The van der Waals surface area contributed by atoms with Crippen LogP contribution in [-0.2, 0) is 4.79 Å². The molecule has 0 fully saturated rings. The number of nitrogens with one attached hydrogen (secondary N) is 2. The molecule has 6 nitrogen and oxygen atoms in total. The number of imide groups is 1. The van der Waals surface area contributed by atoms with Gasteiger partial charge >= 0.3 is 6.03 Å². The predicted octanol–water partition coefficient (Wildman–Crippen LogP) is 3.58. The van der Waals surface area contributed by atoms with Gasteiger partial charge in [-0.25, -0.2) is 4.79 Å². The fourth-order valence-electron chi connectivity index (χ4n) is 2.78. The summed E-state index contributed by atoms with van der Waals surface area (Å²) < 4.78 is 0. The number of para-hydroxylation sites is 1. The summed E-state index contributed by atoms with van der Waals surface area (Å²) in [6, 6.07) is 17.0. The number of hydrogen-bond donors (Lipinski definition) is 3. The van der Waals surface area contributed by atoms with Crippen molar-refractivity contribution in [1.82, 2.24) is 5.32 Å². The normalized spacial score (nSPS) is 18.7. The summed E-state index contributed by atoms with van der Waals surface area (Å²) in [5, 5.41) is 14.5. The highest BCUT2D eigenvalue weighted by Gasteiger charge is 2.41. The average Bonchev–Trinajstić information content (AvgIpc) is 2.99. The lowest BCUT2D eigenvalue weighted by Crippen LogP contribution is -2.41. The van der Waals surface area contributed by atoms with Crippen LogP contribution in [0.4, 0.5) is 10.5 Å². The van der Waals surface area contributed by atoms with Gasteiger partial charge in [0.25, 0.3) is 0 Å². The van der Waals surface area contributed by atoms with Crippen molar-refractivity contribution in [3.63, 3.8) is 0 Å². The van der Waals surface area contributed by atoms with Gasteiger partial charge in [0, 0.05) is 16.6 Å². The van der Waals surface area contributed by atoms with Crippen LogP contribution in [0.15, 0.2) is 65.2 Å². The Hall–Kier alpha value is -2.95. The van der Waals surface area contributed by atoms with Crippen LogP contribution < -0.4 is 16.4 Å². The molecule has 8 heteroatoms. The first-order valence-corrected chi connectivity index (χ1v) is 9.24. The standard InChI is InChI=1S/C19H15ClN4O2S/c20-12-8-6-11(7-9-12)15-14(10-21)17(22)27-16(15)18(25)24-19(26)23-13-4-2-1-3-5-13/h1-9,15-16H,22H2,(H2,23,24,25,26). The van der Waals surface area contributed by atoms with Crippen LogP contribution in [0, 0.1) is 11.3 Å². The van der Waals surface area contributed by atoms with Crippen LogP contribution in [0.2, 0.25) is 5.02 Å². The minimum atomic E-state index is -0.734. The molecule has 1 aliphatic rings. The van der Waals surface area contributed by atoms with Crippen molar-refractivity contribution in [3.8, 4) is 6.07 Å². The van der Waals surface area contributed by atoms with E-state index in [1.165, 1.54) is 0 Å². The van der Waals surface area contributed by atoms with E-state index < -0.39 is 23.1 Å². The van der Waals surface area contributed by atoms with E-state index in [4.69, 9.17) is 17.3 Å². The van der Waals surface area contributed by atoms with E-state index in [9.17, 15) is 14.9 Å². The summed E-state index contributed by atoms with van der Waals surface area (Å²) in [6.07, 6.45) is 0. The van der Waals surface area contributed by atoms with Gasteiger partial charge in [0.05, 0.1) is 16.7 Å². The Morgan fingerprint density at radius 1 is 1.11 bits per heavy atom. The number of carbonyl (C=O) groups excluding carboxylic acids is 2. The number of halogens is 1. The Balaban J connectivity index is 1.77. The summed E-state index contributed by atoms with van der Waals surface area (Å²) in [7, 11) is 0. The van der Waals surface area contributed by atoms with Gasteiger partial charge in [-0.05, 0) is 29.8 Å². The van der Waals surface area contributed by atoms with Gasteiger partial charge in [0.2, 0.25) is 5.91 Å². The molecule has 2 aromatic carbocycles. The third-order valence-electron chi connectivity index (χ3n) is 4.01. The fraction of sp³-hybridized carbons (Fsp3) is 0.105. The molecular formula is C19H15ClN4O2S. The molecule has 3 amide bonds. The first-order chi connectivity index (χ1) is 13.0. The summed E-state index contributed by atoms with van der Waals surface area (Å²) in [5.74, 6) is -1.08. The lowest BCUT2D eigenvalue weighted by Gasteiger charge is -2.19. The monoisotopic (exact) mass is 398 g/mol. The molecular weight excluding hydrogens is 384 g/mol. The number of allylic oxidation sites excluding steroid dienone is 1. The Morgan fingerprint density at radius 3 is 2.41 bits per heavy atom. The van der Waals surface area contributed by atoms with E-state index in [1.807, 2.05) is 6.07 Å². The SMILES string of the molecule is N#CC1=C(N)SC(C(=O)NC(=O)Nc2ccccc2)C1c1ccc(Cl)cc1. The molecule has 4 N–H and O–H groups in total. The van der Waals surface area contributed by atoms with Gasteiger partial charge in [-0.2, -0.15) is 5.26 Å². The van der Waals surface area contributed by atoms with Crippen LogP contribution in [0.1, 0.15) is 11.5 Å². The van der Waals surface area contributed by atoms with Crippen molar-refractivity contribution in [2.24, 2.45) is 5.73 Å². The topological polar surface area (TPSA) is 108 Å². The van der Waals surface area contributed by atoms with Gasteiger partial charge in [-0.3, -0.25) is 10.1 Å². The van der Waals surface area contributed by atoms with E-state index in [0.29, 0.717) is 16.3 Å². The quantitative estimate of drug-likeness (QED) is 0.732. The predicted molar refractivity (Wildman–Crippen MR) is 106 cm³/mol. The molecule has 3 rings (SSSR count). The van der Waals surface area contributed by atoms with E-state index in [0.717, 1.165) is 17.3 Å². The second-order valence-electron chi connectivity index (χ2n) is 5.77. The van der Waals surface area contributed by atoms with E-state index >= 15 is 0 Å². The average molecular weight is 399 g/mol. The highest BCUT2D eigenvalue weighted by atomic mass is 35.5. The van der Waals surface area contributed by atoms with E-state index in [1.54, 1.807) is 48.5 Å². The lowest BCUT2D eigenvalue weighted by molar-refractivity contribution is -0.119.